The van der Waals surface area contributed by atoms with E-state index in [0.717, 1.165) is 13.1 Å². The van der Waals surface area contributed by atoms with Crippen LogP contribution in [-0.4, -0.2) is 75.5 Å². The minimum atomic E-state index is -3.92. The zero-order valence-electron chi connectivity index (χ0n) is 23.3. The molecule has 2 aromatic rings. The molecule has 1 aromatic carbocycles. The third kappa shape index (κ3) is 5.98. The van der Waals surface area contributed by atoms with Gasteiger partial charge < -0.3 is 25.3 Å². The van der Waals surface area contributed by atoms with Gasteiger partial charge in [0.05, 0.1) is 29.2 Å². The minimum Gasteiger partial charge on any atom is -0.466 e. The molecule has 0 fully saturated rings. The quantitative estimate of drug-likeness (QED) is 0.212. The average molecular weight is 573 g/mol. The molecular weight excluding hydrogens is 536 g/mol. The van der Waals surface area contributed by atoms with Crippen molar-refractivity contribution in [1.29, 1.82) is 0 Å². The smallest absolute Gasteiger partial charge is 0.306 e. The number of esters is 1. The number of carbonyl (C=O) groups is 3. The van der Waals surface area contributed by atoms with Crippen molar-refractivity contribution >= 4 is 45.2 Å². The summed E-state index contributed by atoms with van der Waals surface area (Å²) < 4.78 is 35.1. The fourth-order valence-electron chi connectivity index (χ4n) is 5.23. The molecule has 0 spiro atoms. The number of aromatic nitrogens is 1. The van der Waals surface area contributed by atoms with Crippen LogP contribution in [0, 0.1) is 6.92 Å². The predicted molar refractivity (Wildman–Crippen MR) is 150 cm³/mol. The van der Waals surface area contributed by atoms with Crippen LogP contribution in [0.1, 0.15) is 65.6 Å². The molecule has 40 heavy (non-hydrogen) atoms. The highest BCUT2D eigenvalue weighted by Gasteiger charge is 2.35. The number of H-pyrrole nitrogens is 1. The number of aryl methyl sites for hydroxylation is 1. The van der Waals surface area contributed by atoms with E-state index < -0.39 is 16.1 Å². The molecule has 2 aliphatic heterocycles. The Bertz CT molecular complexity index is 1460. The summed E-state index contributed by atoms with van der Waals surface area (Å²) in [7, 11) is -3.92. The summed E-state index contributed by atoms with van der Waals surface area (Å²) >= 11 is 0. The summed E-state index contributed by atoms with van der Waals surface area (Å²) in [5.41, 5.74) is 3.90. The first-order valence-corrected chi connectivity index (χ1v) is 15.0. The number of fused-ring (bicyclic) bond motifs is 3. The van der Waals surface area contributed by atoms with Crippen LogP contribution in [0.5, 0.6) is 0 Å². The van der Waals surface area contributed by atoms with Crippen LogP contribution in [0.3, 0.4) is 0 Å². The maximum atomic E-state index is 13.3. The van der Waals surface area contributed by atoms with Crippen LogP contribution in [0.2, 0.25) is 0 Å². The third-order valence-electron chi connectivity index (χ3n) is 7.22. The molecule has 0 saturated heterocycles. The summed E-state index contributed by atoms with van der Waals surface area (Å²) in [6.07, 6.45) is 2.22. The first-order chi connectivity index (χ1) is 19.1. The van der Waals surface area contributed by atoms with Crippen LogP contribution >= 0.6 is 0 Å². The van der Waals surface area contributed by atoms with E-state index in [4.69, 9.17) is 8.92 Å². The van der Waals surface area contributed by atoms with E-state index in [0.29, 0.717) is 58.8 Å². The van der Waals surface area contributed by atoms with Gasteiger partial charge in [0.2, 0.25) is 0 Å². The van der Waals surface area contributed by atoms with Crippen LogP contribution in [0.25, 0.3) is 11.6 Å². The lowest BCUT2D eigenvalue weighted by Crippen LogP contribution is -2.35. The number of anilines is 1. The van der Waals surface area contributed by atoms with Crippen molar-refractivity contribution in [2.24, 2.45) is 0 Å². The lowest BCUT2D eigenvalue weighted by atomic mass is 9.96. The average Bonchev–Trinajstić information content (AvgIpc) is 3.40. The maximum absolute atomic E-state index is 13.3. The molecule has 0 unspecified atom stereocenters. The molecule has 216 valence electrons. The fraction of sp³-hybridized carbons (Fsp3) is 0.464. The Labute approximate surface area is 234 Å². The molecule has 11 nitrogen and oxygen atoms in total. The predicted octanol–water partition coefficient (Wildman–Crippen LogP) is 2.64. The van der Waals surface area contributed by atoms with Gasteiger partial charge in [-0.3, -0.25) is 18.6 Å². The van der Waals surface area contributed by atoms with Gasteiger partial charge in [-0.25, -0.2) is 0 Å². The number of rotatable bonds is 11. The first-order valence-electron chi connectivity index (χ1n) is 13.6. The van der Waals surface area contributed by atoms with Crippen LogP contribution in [-0.2, 0) is 41.5 Å². The number of benzene rings is 1. The molecule has 0 atom stereocenters. The number of hydrogen-bond acceptors (Lipinski definition) is 8. The third-order valence-corrected chi connectivity index (χ3v) is 8.62. The Morgan fingerprint density at radius 3 is 2.65 bits per heavy atom. The topological polar surface area (TPSA) is 147 Å². The molecule has 2 amide bonds. The summed E-state index contributed by atoms with van der Waals surface area (Å²) in [5, 5.41) is 5.79. The summed E-state index contributed by atoms with van der Waals surface area (Å²) in [4.78, 5) is 44.1. The molecule has 12 heteroatoms. The standard InChI is InChI=1S/C28H36N4O7S/c1-5-32(6-2)14-13-29-28(35)25-17(4)30-22(18(25)8-11-24(33)38-7-3)16-20-26-19-12-15-39-40(36,37)23(19)10-9-21(26)31-27(20)34/h9-10,16,30H,5-8,11-15H2,1-4H3,(H,29,35)(H,31,34)/b20-16-. The Hall–Kier alpha value is -3.48. The lowest BCUT2D eigenvalue weighted by molar-refractivity contribution is -0.143. The number of nitrogens with one attached hydrogen (secondary N) is 3. The van der Waals surface area contributed by atoms with Gasteiger partial charge in [0.15, 0.2) is 0 Å². The minimum absolute atomic E-state index is 0.0164. The van der Waals surface area contributed by atoms with Crippen molar-refractivity contribution in [1.82, 2.24) is 15.2 Å². The number of ether oxygens (including phenoxy) is 1. The van der Waals surface area contributed by atoms with E-state index >= 15 is 0 Å². The van der Waals surface area contributed by atoms with Gasteiger partial charge >= 0.3 is 5.97 Å². The Morgan fingerprint density at radius 2 is 1.95 bits per heavy atom. The Morgan fingerprint density at radius 1 is 1.20 bits per heavy atom. The number of hydrogen-bond donors (Lipinski definition) is 3. The first kappa shape index (κ1) is 29.5. The fourth-order valence-corrected chi connectivity index (χ4v) is 6.40. The molecule has 2 aliphatic rings. The molecule has 0 aliphatic carbocycles. The van der Waals surface area contributed by atoms with Gasteiger partial charge in [-0.1, -0.05) is 13.8 Å². The van der Waals surface area contributed by atoms with Gasteiger partial charge in [-0.15, -0.1) is 0 Å². The Balaban J connectivity index is 1.75. The van der Waals surface area contributed by atoms with E-state index in [9.17, 15) is 22.8 Å². The zero-order chi connectivity index (χ0) is 29.0. The highest BCUT2D eigenvalue weighted by atomic mass is 32.2. The second kappa shape index (κ2) is 12.4. The molecule has 1 aromatic heterocycles. The normalized spacial score (nSPS) is 16.5. The molecule has 0 radical (unpaired) electrons. The summed E-state index contributed by atoms with van der Waals surface area (Å²) in [6, 6.07) is 2.99. The second-order valence-corrected chi connectivity index (χ2v) is 11.2. The van der Waals surface area contributed by atoms with Crippen molar-refractivity contribution in [3.05, 3.63) is 45.8 Å². The van der Waals surface area contributed by atoms with Gasteiger partial charge in [0.1, 0.15) is 0 Å². The van der Waals surface area contributed by atoms with Crippen molar-refractivity contribution < 1.29 is 31.7 Å². The van der Waals surface area contributed by atoms with Crippen molar-refractivity contribution in [3.8, 4) is 0 Å². The lowest BCUT2D eigenvalue weighted by Gasteiger charge is -2.19. The number of likely N-dealkylation sites (N-methyl/N-ethyl adjacent to an activating group) is 1. The maximum Gasteiger partial charge on any atom is 0.306 e. The van der Waals surface area contributed by atoms with E-state index in [1.807, 2.05) is 0 Å². The Kier molecular flexibility index (Phi) is 9.12. The highest BCUT2D eigenvalue weighted by molar-refractivity contribution is 7.86. The SMILES string of the molecule is CCOC(=O)CCc1c(/C=C2\C(=O)Nc3ccc4c(c32)CCOS4(=O)=O)[nH]c(C)c1C(=O)NCCN(CC)CC. The molecule has 0 saturated carbocycles. The monoisotopic (exact) mass is 572 g/mol. The molecule has 3 N–H and O–H groups in total. The number of carbonyl (C=O) groups excluding carboxylic acids is 3. The number of nitrogens with zero attached hydrogens (tertiary/aromatic N) is 1. The van der Waals surface area contributed by atoms with E-state index in [1.54, 1.807) is 26.0 Å². The van der Waals surface area contributed by atoms with E-state index in [1.165, 1.54) is 6.07 Å². The summed E-state index contributed by atoms with van der Waals surface area (Å²) in [6.45, 7) is 10.7. The second-order valence-electron chi connectivity index (χ2n) is 9.61. The van der Waals surface area contributed by atoms with Gasteiger partial charge in [-0.2, -0.15) is 8.42 Å². The molecule has 0 bridgehead atoms. The van der Waals surface area contributed by atoms with Gasteiger partial charge in [0.25, 0.3) is 21.9 Å². The highest BCUT2D eigenvalue weighted by Crippen LogP contribution is 2.41. The molecule has 4 rings (SSSR count). The van der Waals surface area contributed by atoms with Crippen LogP contribution < -0.4 is 10.6 Å². The van der Waals surface area contributed by atoms with Crippen LogP contribution in [0.15, 0.2) is 17.0 Å². The largest absolute Gasteiger partial charge is 0.466 e. The van der Waals surface area contributed by atoms with Gasteiger partial charge in [-0.05, 0) is 69.1 Å². The summed E-state index contributed by atoms with van der Waals surface area (Å²) in [5.74, 6) is -1.06. The molecule has 3 heterocycles. The van der Waals surface area contributed by atoms with E-state index in [2.05, 4.69) is 34.4 Å². The van der Waals surface area contributed by atoms with Gasteiger partial charge in [0, 0.05) is 42.1 Å². The van der Waals surface area contributed by atoms with Crippen molar-refractivity contribution in [2.45, 2.75) is 51.9 Å². The van der Waals surface area contributed by atoms with Crippen molar-refractivity contribution in [2.75, 3.05) is 44.7 Å². The molecular formula is C28H36N4O7S. The van der Waals surface area contributed by atoms with Crippen molar-refractivity contribution in [3.63, 3.8) is 0 Å². The van der Waals surface area contributed by atoms with Crippen LogP contribution in [0.4, 0.5) is 5.69 Å². The zero-order valence-corrected chi connectivity index (χ0v) is 24.1. The van der Waals surface area contributed by atoms with E-state index in [-0.39, 0.29) is 48.3 Å². The number of amides is 2. The number of aromatic amines is 1.